The standard InChI is InChI=1S/C23H26ClN3O3S2/c1-32(28,29)27-17-7-8-18(27)14-16(13-17)25-12-11-15-5-9-19(10-6-15)30-23-26-22-20(24)3-2-4-21(22)31-23/h2-6,9-10,16-18,25H,7-8,11-14H2,1H3/t17-,18-/m1/s1. The van der Waals surface area contributed by atoms with Crippen LogP contribution in [0.5, 0.6) is 10.9 Å². The fourth-order valence-corrected chi connectivity index (χ4v) is 7.63. The second kappa shape index (κ2) is 8.91. The zero-order valence-corrected chi connectivity index (χ0v) is 20.2. The molecule has 0 saturated carbocycles. The Morgan fingerprint density at radius 1 is 1.16 bits per heavy atom. The number of ether oxygens (including phenoxy) is 1. The van der Waals surface area contributed by atoms with Crippen LogP contribution in [0.2, 0.25) is 5.02 Å². The topological polar surface area (TPSA) is 71.5 Å². The highest BCUT2D eigenvalue weighted by atomic mass is 35.5. The number of para-hydroxylation sites is 1. The summed E-state index contributed by atoms with van der Waals surface area (Å²) in [4.78, 5) is 4.48. The molecule has 2 aliphatic heterocycles. The Morgan fingerprint density at radius 3 is 2.53 bits per heavy atom. The van der Waals surface area contributed by atoms with Gasteiger partial charge in [-0.2, -0.15) is 4.31 Å². The van der Waals surface area contributed by atoms with Crippen molar-refractivity contribution in [2.24, 2.45) is 0 Å². The lowest BCUT2D eigenvalue weighted by Gasteiger charge is -2.37. The van der Waals surface area contributed by atoms with E-state index < -0.39 is 10.0 Å². The quantitative estimate of drug-likeness (QED) is 0.512. The van der Waals surface area contributed by atoms with Crippen molar-refractivity contribution in [3.05, 3.63) is 53.1 Å². The Bertz CT molecular complexity index is 1200. The van der Waals surface area contributed by atoms with Crippen LogP contribution in [0.25, 0.3) is 10.2 Å². The molecule has 0 radical (unpaired) electrons. The van der Waals surface area contributed by atoms with Crippen LogP contribution in [0, 0.1) is 0 Å². The zero-order chi connectivity index (χ0) is 22.3. The average molecular weight is 492 g/mol. The Kier molecular flexibility index (Phi) is 6.15. The van der Waals surface area contributed by atoms with Gasteiger partial charge in [0.2, 0.25) is 10.0 Å². The van der Waals surface area contributed by atoms with E-state index in [1.54, 1.807) is 4.31 Å². The molecule has 3 aromatic rings. The summed E-state index contributed by atoms with van der Waals surface area (Å²) in [6.45, 7) is 0.875. The van der Waals surface area contributed by atoms with Crippen LogP contribution in [0.15, 0.2) is 42.5 Å². The fraction of sp³-hybridized carbons (Fsp3) is 0.435. The minimum absolute atomic E-state index is 0.162. The first-order chi connectivity index (χ1) is 15.4. The fourth-order valence-electron chi connectivity index (χ4n) is 5.03. The van der Waals surface area contributed by atoms with Crippen LogP contribution in [0.3, 0.4) is 0 Å². The maximum Gasteiger partial charge on any atom is 0.279 e. The number of sulfonamides is 1. The molecule has 2 bridgehead atoms. The van der Waals surface area contributed by atoms with Gasteiger partial charge in [-0.25, -0.2) is 13.4 Å². The van der Waals surface area contributed by atoms with Crippen molar-refractivity contribution in [3.8, 4) is 10.9 Å². The Morgan fingerprint density at radius 2 is 1.88 bits per heavy atom. The molecule has 5 rings (SSSR count). The van der Waals surface area contributed by atoms with E-state index in [1.807, 2.05) is 30.3 Å². The molecule has 0 aliphatic carbocycles. The number of nitrogens with one attached hydrogen (secondary N) is 1. The molecule has 0 amide bonds. The third-order valence-electron chi connectivity index (χ3n) is 6.37. The van der Waals surface area contributed by atoms with Crippen molar-refractivity contribution in [1.29, 1.82) is 0 Å². The lowest BCUT2D eigenvalue weighted by atomic mass is 9.99. The molecule has 9 heteroatoms. The molecular weight excluding hydrogens is 466 g/mol. The van der Waals surface area contributed by atoms with Gasteiger partial charge in [0, 0.05) is 18.1 Å². The average Bonchev–Trinajstić information content (AvgIpc) is 3.28. The number of hydrogen-bond donors (Lipinski definition) is 1. The maximum atomic E-state index is 12.0. The number of thiazole rings is 1. The van der Waals surface area contributed by atoms with Crippen molar-refractivity contribution in [2.45, 2.75) is 50.2 Å². The normalized spacial score (nSPS) is 23.6. The van der Waals surface area contributed by atoms with Crippen LogP contribution in [-0.2, 0) is 16.4 Å². The van der Waals surface area contributed by atoms with E-state index in [2.05, 4.69) is 22.4 Å². The second-order valence-electron chi connectivity index (χ2n) is 8.66. The molecule has 0 spiro atoms. The number of aromatic nitrogens is 1. The number of halogens is 1. The molecule has 32 heavy (non-hydrogen) atoms. The zero-order valence-electron chi connectivity index (χ0n) is 17.8. The molecule has 170 valence electrons. The van der Waals surface area contributed by atoms with Crippen molar-refractivity contribution in [1.82, 2.24) is 14.6 Å². The van der Waals surface area contributed by atoms with Crippen LogP contribution in [0.4, 0.5) is 0 Å². The van der Waals surface area contributed by atoms with E-state index in [9.17, 15) is 8.42 Å². The summed E-state index contributed by atoms with van der Waals surface area (Å²) in [6.07, 6.45) is 6.03. The van der Waals surface area contributed by atoms with E-state index in [4.69, 9.17) is 16.3 Å². The number of piperidine rings is 1. The molecule has 2 aromatic carbocycles. The first-order valence-corrected chi connectivity index (χ1v) is 13.9. The Labute approximate surface area is 197 Å². The summed E-state index contributed by atoms with van der Waals surface area (Å²) in [6, 6.07) is 14.5. The molecule has 1 aromatic heterocycles. The minimum atomic E-state index is -3.10. The van der Waals surface area contributed by atoms with Crippen LogP contribution in [-0.4, -0.2) is 48.6 Å². The number of hydrogen-bond acceptors (Lipinski definition) is 6. The van der Waals surface area contributed by atoms with Crippen molar-refractivity contribution in [2.75, 3.05) is 12.8 Å². The molecule has 1 N–H and O–H groups in total. The first kappa shape index (κ1) is 22.1. The summed E-state index contributed by atoms with van der Waals surface area (Å²) < 4.78 is 32.8. The number of fused-ring (bicyclic) bond motifs is 3. The van der Waals surface area contributed by atoms with Gasteiger partial charge in [0.1, 0.15) is 11.3 Å². The molecular formula is C23H26ClN3O3S2. The van der Waals surface area contributed by atoms with Gasteiger partial charge >= 0.3 is 0 Å². The summed E-state index contributed by atoms with van der Waals surface area (Å²) in [5.41, 5.74) is 2.00. The Hall–Kier alpha value is -1.71. The highest BCUT2D eigenvalue weighted by molar-refractivity contribution is 7.88. The van der Waals surface area contributed by atoms with Crippen molar-refractivity contribution < 1.29 is 13.2 Å². The van der Waals surface area contributed by atoms with Gasteiger partial charge < -0.3 is 10.1 Å². The summed E-state index contributed by atoms with van der Waals surface area (Å²) in [5.74, 6) is 0.751. The molecule has 2 atom stereocenters. The number of rotatable bonds is 7. The lowest BCUT2D eigenvalue weighted by molar-refractivity contribution is 0.208. The van der Waals surface area contributed by atoms with E-state index in [0.717, 1.165) is 54.6 Å². The summed E-state index contributed by atoms with van der Waals surface area (Å²) >= 11 is 7.68. The molecule has 6 nitrogen and oxygen atoms in total. The largest absolute Gasteiger partial charge is 0.431 e. The highest BCUT2D eigenvalue weighted by Crippen LogP contribution is 2.37. The number of nitrogens with zero attached hydrogens (tertiary/aromatic N) is 2. The second-order valence-corrected chi connectivity index (χ2v) is 12.0. The molecule has 3 heterocycles. The third-order valence-corrected chi connectivity index (χ3v) is 8.94. The van der Waals surface area contributed by atoms with Crippen molar-refractivity contribution in [3.63, 3.8) is 0 Å². The summed E-state index contributed by atoms with van der Waals surface area (Å²) in [5, 5.41) is 4.86. The van der Waals surface area contributed by atoms with Crippen LogP contribution in [0.1, 0.15) is 31.2 Å². The lowest BCUT2D eigenvalue weighted by Crippen LogP contribution is -2.51. The highest BCUT2D eigenvalue weighted by Gasteiger charge is 2.44. The number of benzene rings is 2. The monoisotopic (exact) mass is 491 g/mol. The van der Waals surface area contributed by atoms with Gasteiger partial charge in [-0.3, -0.25) is 0 Å². The predicted molar refractivity (Wildman–Crippen MR) is 129 cm³/mol. The molecule has 0 unspecified atom stereocenters. The van der Waals surface area contributed by atoms with E-state index in [0.29, 0.717) is 16.3 Å². The van der Waals surface area contributed by atoms with E-state index >= 15 is 0 Å². The van der Waals surface area contributed by atoms with E-state index in [1.165, 1.54) is 23.2 Å². The van der Waals surface area contributed by atoms with Crippen LogP contribution < -0.4 is 10.1 Å². The SMILES string of the molecule is CS(=O)(=O)N1[C@@H]2CC[C@@H]1CC(NCCc1ccc(Oc3nc4c(Cl)cccc4s3)cc1)C2. The molecule has 2 saturated heterocycles. The van der Waals surface area contributed by atoms with E-state index in [-0.39, 0.29) is 12.1 Å². The van der Waals surface area contributed by atoms with Gasteiger partial charge in [-0.05, 0) is 68.5 Å². The minimum Gasteiger partial charge on any atom is -0.431 e. The van der Waals surface area contributed by atoms with Crippen LogP contribution >= 0.6 is 22.9 Å². The predicted octanol–water partition coefficient (Wildman–Crippen LogP) is 4.83. The van der Waals surface area contributed by atoms with Gasteiger partial charge in [0.15, 0.2) is 0 Å². The Balaban J connectivity index is 1.13. The summed E-state index contributed by atoms with van der Waals surface area (Å²) in [7, 11) is -3.10. The van der Waals surface area contributed by atoms with Gasteiger partial charge in [-0.1, -0.05) is 41.1 Å². The van der Waals surface area contributed by atoms with Gasteiger partial charge in [0.25, 0.3) is 5.19 Å². The third kappa shape index (κ3) is 4.65. The molecule has 2 fully saturated rings. The molecule has 2 aliphatic rings. The van der Waals surface area contributed by atoms with Gasteiger partial charge in [-0.15, -0.1) is 0 Å². The van der Waals surface area contributed by atoms with Crippen molar-refractivity contribution >= 4 is 43.2 Å². The van der Waals surface area contributed by atoms with Gasteiger partial charge in [0.05, 0.1) is 16.0 Å². The smallest absolute Gasteiger partial charge is 0.279 e. The maximum absolute atomic E-state index is 12.0. The first-order valence-electron chi connectivity index (χ1n) is 10.9.